The van der Waals surface area contributed by atoms with Gasteiger partial charge in [-0.3, -0.25) is 0 Å². The third-order valence-corrected chi connectivity index (χ3v) is 1.79. The van der Waals surface area contributed by atoms with Crippen molar-refractivity contribution in [1.29, 1.82) is 0 Å². The van der Waals surface area contributed by atoms with E-state index in [0.29, 0.717) is 6.54 Å². The molecule has 0 saturated heterocycles. The molecule has 0 aliphatic rings. The summed E-state index contributed by atoms with van der Waals surface area (Å²) in [6.07, 6.45) is 8.73. The highest BCUT2D eigenvalue weighted by molar-refractivity contribution is 5.50. The minimum absolute atomic E-state index is 0.520. The van der Waals surface area contributed by atoms with Crippen LogP contribution in [0.3, 0.4) is 0 Å². The van der Waals surface area contributed by atoms with E-state index in [1.165, 1.54) is 5.56 Å². The molecule has 0 unspecified atom stereocenters. The van der Waals surface area contributed by atoms with Gasteiger partial charge in [0.25, 0.3) is 0 Å². The number of rotatable bonds is 5. The lowest BCUT2D eigenvalue weighted by molar-refractivity contribution is 0.992. The highest BCUT2D eigenvalue weighted by atomic mass is 15.1. The summed E-state index contributed by atoms with van der Waals surface area (Å²) in [5, 5.41) is 3.43. The zero-order valence-corrected chi connectivity index (χ0v) is 8.45. The molecule has 3 nitrogen and oxygen atoms in total. The van der Waals surface area contributed by atoms with Gasteiger partial charge in [0.15, 0.2) is 0 Å². The molecule has 0 amide bonds. The standard InChI is InChI=1S/C12H13N3/c13-15-14-11-7-2-1-4-8-12-9-5-3-6-10-12/h1-6,8-10H,7,11H2/b2-1+,8-4+. The Bertz CT molecular complexity index is 373. The molecule has 0 bridgehead atoms. The Morgan fingerprint density at radius 1 is 1.20 bits per heavy atom. The van der Waals surface area contributed by atoms with Gasteiger partial charge in [-0.2, -0.15) is 0 Å². The summed E-state index contributed by atoms with van der Waals surface area (Å²) >= 11 is 0. The van der Waals surface area contributed by atoms with Crippen LogP contribution in [0.15, 0.2) is 53.7 Å². The van der Waals surface area contributed by atoms with Crippen LogP contribution in [0.5, 0.6) is 0 Å². The minimum Gasteiger partial charge on any atom is -0.0937 e. The van der Waals surface area contributed by atoms with Gasteiger partial charge in [-0.25, -0.2) is 0 Å². The molecule has 76 valence electrons. The molecule has 0 aromatic heterocycles. The van der Waals surface area contributed by atoms with Gasteiger partial charge in [0.2, 0.25) is 0 Å². The maximum absolute atomic E-state index is 8.04. The molecule has 3 heteroatoms. The Balaban J connectivity index is 2.30. The Kier molecular flexibility index (Phi) is 5.48. The Hall–Kier alpha value is -1.99. The van der Waals surface area contributed by atoms with Gasteiger partial charge in [0.1, 0.15) is 0 Å². The largest absolute Gasteiger partial charge is 0.0937 e. The summed E-state index contributed by atoms with van der Waals surface area (Å²) in [6.45, 7) is 0.520. The smallest absolute Gasteiger partial charge is 0.0292 e. The van der Waals surface area contributed by atoms with Crippen LogP contribution in [0, 0.1) is 0 Å². The van der Waals surface area contributed by atoms with Gasteiger partial charge in [-0.1, -0.05) is 59.8 Å². The second kappa shape index (κ2) is 7.42. The summed E-state index contributed by atoms with van der Waals surface area (Å²) in [5.41, 5.74) is 9.22. The van der Waals surface area contributed by atoms with E-state index in [2.05, 4.69) is 10.0 Å². The van der Waals surface area contributed by atoms with E-state index in [9.17, 15) is 0 Å². The van der Waals surface area contributed by atoms with Crippen molar-refractivity contribution in [3.8, 4) is 0 Å². The first-order valence-electron chi connectivity index (χ1n) is 4.82. The van der Waals surface area contributed by atoms with Crippen molar-refractivity contribution in [3.63, 3.8) is 0 Å². The van der Waals surface area contributed by atoms with Crippen molar-refractivity contribution in [2.45, 2.75) is 6.42 Å². The predicted molar refractivity (Wildman–Crippen MR) is 63.2 cm³/mol. The van der Waals surface area contributed by atoms with E-state index in [4.69, 9.17) is 5.53 Å². The average molecular weight is 199 g/mol. The molecule has 0 radical (unpaired) electrons. The molecule has 1 rings (SSSR count). The lowest BCUT2D eigenvalue weighted by Crippen LogP contribution is -1.71. The average Bonchev–Trinajstić information content (AvgIpc) is 2.29. The first kappa shape index (κ1) is 11.1. The summed E-state index contributed by atoms with van der Waals surface area (Å²) in [5.74, 6) is 0. The number of benzene rings is 1. The SMILES string of the molecule is [N-]=[N+]=NCC/C=C/C=C/c1ccccc1. The van der Waals surface area contributed by atoms with Crippen molar-refractivity contribution >= 4 is 6.08 Å². The topological polar surface area (TPSA) is 48.8 Å². The zero-order valence-electron chi connectivity index (χ0n) is 8.45. The molecule has 0 atom stereocenters. The monoisotopic (exact) mass is 199 g/mol. The van der Waals surface area contributed by atoms with Gasteiger partial charge in [-0.05, 0) is 17.5 Å². The van der Waals surface area contributed by atoms with Crippen LogP contribution in [0.25, 0.3) is 16.5 Å². The number of allylic oxidation sites excluding steroid dienone is 2. The summed E-state index contributed by atoms with van der Waals surface area (Å²) in [7, 11) is 0. The van der Waals surface area contributed by atoms with E-state index < -0.39 is 0 Å². The van der Waals surface area contributed by atoms with Gasteiger partial charge < -0.3 is 0 Å². The molecule has 15 heavy (non-hydrogen) atoms. The first-order valence-corrected chi connectivity index (χ1v) is 4.82. The van der Waals surface area contributed by atoms with Crippen LogP contribution in [0.1, 0.15) is 12.0 Å². The molecule has 1 aromatic carbocycles. The van der Waals surface area contributed by atoms with E-state index in [0.717, 1.165) is 6.42 Å². The van der Waals surface area contributed by atoms with Gasteiger partial charge >= 0.3 is 0 Å². The molecule has 0 fully saturated rings. The Morgan fingerprint density at radius 2 is 2.00 bits per heavy atom. The zero-order chi connectivity index (χ0) is 10.8. The maximum Gasteiger partial charge on any atom is 0.0292 e. The number of hydrogen-bond acceptors (Lipinski definition) is 1. The number of azide groups is 1. The van der Waals surface area contributed by atoms with Crippen molar-refractivity contribution in [3.05, 3.63) is 64.6 Å². The van der Waals surface area contributed by atoms with Crippen LogP contribution in [0.4, 0.5) is 0 Å². The molecule has 1 aromatic rings. The van der Waals surface area contributed by atoms with Gasteiger partial charge in [0, 0.05) is 11.5 Å². The normalized spacial score (nSPS) is 10.7. The van der Waals surface area contributed by atoms with Crippen molar-refractivity contribution in [1.82, 2.24) is 0 Å². The maximum atomic E-state index is 8.04. The van der Waals surface area contributed by atoms with Crippen LogP contribution in [-0.2, 0) is 0 Å². The number of hydrogen-bond donors (Lipinski definition) is 0. The fourth-order valence-corrected chi connectivity index (χ4v) is 1.08. The lowest BCUT2D eigenvalue weighted by atomic mass is 10.2. The molecule has 0 saturated carbocycles. The third kappa shape index (κ3) is 5.34. The van der Waals surface area contributed by atoms with E-state index in [1.807, 2.05) is 54.6 Å². The summed E-state index contributed by atoms with van der Waals surface area (Å²) in [4.78, 5) is 2.67. The Morgan fingerprint density at radius 3 is 2.73 bits per heavy atom. The fourth-order valence-electron chi connectivity index (χ4n) is 1.08. The highest BCUT2D eigenvalue weighted by Crippen LogP contribution is 2.00. The lowest BCUT2D eigenvalue weighted by Gasteiger charge is -1.88. The fraction of sp³-hybridized carbons (Fsp3) is 0.167. The molecular weight excluding hydrogens is 186 g/mol. The van der Waals surface area contributed by atoms with Crippen LogP contribution >= 0.6 is 0 Å². The molecule has 0 aliphatic carbocycles. The quantitative estimate of drug-likeness (QED) is 0.226. The molecule has 0 heterocycles. The third-order valence-electron chi connectivity index (χ3n) is 1.79. The van der Waals surface area contributed by atoms with E-state index in [1.54, 1.807) is 0 Å². The molecule has 0 spiro atoms. The van der Waals surface area contributed by atoms with Gasteiger partial charge in [-0.15, -0.1) is 0 Å². The van der Waals surface area contributed by atoms with Crippen molar-refractivity contribution in [2.24, 2.45) is 5.11 Å². The summed E-state index contributed by atoms with van der Waals surface area (Å²) < 4.78 is 0. The minimum atomic E-state index is 0.520. The van der Waals surface area contributed by atoms with Crippen molar-refractivity contribution < 1.29 is 0 Å². The van der Waals surface area contributed by atoms with Crippen LogP contribution in [-0.4, -0.2) is 6.54 Å². The summed E-state index contributed by atoms with van der Waals surface area (Å²) in [6, 6.07) is 10.1. The molecule has 0 N–H and O–H groups in total. The van der Waals surface area contributed by atoms with Crippen LogP contribution in [0.2, 0.25) is 0 Å². The van der Waals surface area contributed by atoms with Gasteiger partial charge in [0.05, 0.1) is 0 Å². The highest BCUT2D eigenvalue weighted by Gasteiger charge is 1.79. The van der Waals surface area contributed by atoms with Crippen molar-refractivity contribution in [2.75, 3.05) is 6.54 Å². The number of nitrogens with zero attached hydrogens (tertiary/aromatic N) is 3. The Labute approximate surface area is 89.4 Å². The molecule has 0 aliphatic heterocycles. The van der Waals surface area contributed by atoms with Crippen LogP contribution < -0.4 is 0 Å². The predicted octanol–water partition coefficient (Wildman–Crippen LogP) is 3.96. The van der Waals surface area contributed by atoms with E-state index in [-0.39, 0.29) is 0 Å². The first-order chi connectivity index (χ1) is 7.43. The second-order valence-corrected chi connectivity index (χ2v) is 2.94. The second-order valence-electron chi connectivity index (χ2n) is 2.94. The molecular formula is C12H13N3. The van der Waals surface area contributed by atoms with E-state index >= 15 is 0 Å².